The molecule has 0 aliphatic heterocycles. The Morgan fingerprint density at radius 3 is 3.00 bits per heavy atom. The maximum Gasteiger partial charge on any atom is 0.337 e. The zero-order chi connectivity index (χ0) is 8.27. The minimum atomic E-state index is -0.852. The first kappa shape index (κ1) is 7.85. The second-order valence-electron chi connectivity index (χ2n) is 2.43. The molecule has 1 aromatic heterocycles. The number of aromatic carboxylic acids is 1. The molecule has 3 nitrogen and oxygen atoms in total. The molecule has 0 spiro atoms. The van der Waals surface area contributed by atoms with Crippen molar-refractivity contribution in [2.45, 2.75) is 19.8 Å². The van der Waals surface area contributed by atoms with E-state index in [-0.39, 0.29) is 0 Å². The number of carboxylic acid groups (broad SMARTS) is 1. The van der Waals surface area contributed by atoms with Crippen molar-refractivity contribution in [3.8, 4) is 0 Å². The average Bonchev–Trinajstić information content (AvgIpc) is 2.36. The summed E-state index contributed by atoms with van der Waals surface area (Å²) >= 11 is 0. The number of hydrogen-bond donors (Lipinski definition) is 2. The van der Waals surface area contributed by atoms with Crippen LogP contribution in [0.2, 0.25) is 0 Å². The van der Waals surface area contributed by atoms with Crippen molar-refractivity contribution in [3.63, 3.8) is 0 Å². The van der Waals surface area contributed by atoms with Gasteiger partial charge in [-0.05, 0) is 12.5 Å². The molecule has 1 heterocycles. The third kappa shape index (κ3) is 1.61. The quantitative estimate of drug-likeness (QED) is 0.693. The van der Waals surface area contributed by atoms with Crippen molar-refractivity contribution >= 4 is 5.97 Å². The molecule has 0 fully saturated rings. The summed E-state index contributed by atoms with van der Waals surface area (Å²) in [5.74, 6) is -0.852. The summed E-state index contributed by atoms with van der Waals surface area (Å²) < 4.78 is 0. The van der Waals surface area contributed by atoms with E-state index >= 15 is 0 Å². The summed E-state index contributed by atoms with van der Waals surface area (Å²) in [6.45, 7) is 2.02. The van der Waals surface area contributed by atoms with Crippen LogP contribution in [0.25, 0.3) is 0 Å². The predicted molar refractivity (Wildman–Crippen MR) is 41.7 cm³/mol. The van der Waals surface area contributed by atoms with Crippen LogP contribution in [0.15, 0.2) is 12.3 Å². The van der Waals surface area contributed by atoms with E-state index in [4.69, 9.17) is 5.11 Å². The zero-order valence-corrected chi connectivity index (χ0v) is 6.42. The van der Waals surface area contributed by atoms with E-state index in [1.807, 2.05) is 6.92 Å². The Morgan fingerprint density at radius 2 is 2.45 bits per heavy atom. The molecule has 0 aliphatic rings. The molecular formula is C8H11NO2. The zero-order valence-electron chi connectivity index (χ0n) is 6.42. The number of carbonyl (C=O) groups is 1. The van der Waals surface area contributed by atoms with Gasteiger partial charge >= 0.3 is 5.97 Å². The molecule has 0 saturated carbocycles. The summed E-state index contributed by atoms with van der Waals surface area (Å²) in [5, 5.41) is 8.66. The molecule has 60 valence electrons. The number of H-pyrrole nitrogens is 1. The van der Waals surface area contributed by atoms with Crippen LogP contribution in [0.3, 0.4) is 0 Å². The molecule has 2 N–H and O–H groups in total. The minimum Gasteiger partial charge on any atom is -0.478 e. The maximum atomic E-state index is 10.5. The van der Waals surface area contributed by atoms with Crippen molar-refractivity contribution in [2.75, 3.05) is 0 Å². The Balaban J connectivity index is 2.87. The van der Waals surface area contributed by atoms with E-state index < -0.39 is 5.97 Å². The Bertz CT molecular complexity index is 252. The van der Waals surface area contributed by atoms with Gasteiger partial charge in [-0.25, -0.2) is 4.79 Å². The van der Waals surface area contributed by atoms with E-state index in [1.54, 1.807) is 12.3 Å². The summed E-state index contributed by atoms with van der Waals surface area (Å²) in [4.78, 5) is 13.4. The third-order valence-electron chi connectivity index (χ3n) is 1.56. The van der Waals surface area contributed by atoms with Crippen LogP contribution in [0.4, 0.5) is 0 Å². The fourth-order valence-electron chi connectivity index (χ4n) is 1.06. The summed E-state index contributed by atoms with van der Waals surface area (Å²) in [6, 6.07) is 1.59. The number of hydrogen-bond acceptors (Lipinski definition) is 1. The van der Waals surface area contributed by atoms with Gasteiger partial charge < -0.3 is 10.1 Å². The van der Waals surface area contributed by atoms with Crippen LogP contribution in [0, 0.1) is 0 Å². The van der Waals surface area contributed by atoms with Gasteiger partial charge in [0.05, 0.1) is 5.56 Å². The molecule has 0 bridgehead atoms. The summed E-state index contributed by atoms with van der Waals surface area (Å²) in [6.07, 6.45) is 3.42. The van der Waals surface area contributed by atoms with Crippen LogP contribution in [-0.2, 0) is 6.42 Å². The van der Waals surface area contributed by atoms with Crippen molar-refractivity contribution < 1.29 is 9.90 Å². The average molecular weight is 153 g/mol. The van der Waals surface area contributed by atoms with Gasteiger partial charge in [0.15, 0.2) is 0 Å². The van der Waals surface area contributed by atoms with E-state index in [0.29, 0.717) is 5.56 Å². The Morgan fingerprint density at radius 1 is 1.73 bits per heavy atom. The third-order valence-corrected chi connectivity index (χ3v) is 1.56. The highest BCUT2D eigenvalue weighted by Gasteiger charge is 2.08. The fraction of sp³-hybridized carbons (Fsp3) is 0.375. The number of aryl methyl sites for hydroxylation is 1. The normalized spacial score (nSPS) is 9.91. The lowest BCUT2D eigenvalue weighted by molar-refractivity contribution is 0.0696. The summed E-state index contributed by atoms with van der Waals surface area (Å²) in [7, 11) is 0. The maximum absolute atomic E-state index is 10.5. The van der Waals surface area contributed by atoms with Crippen LogP contribution in [-0.4, -0.2) is 16.1 Å². The standard InChI is InChI=1S/C8H11NO2/c1-2-3-7-6(8(10)11)4-5-9-7/h4-5,9H,2-3H2,1H3,(H,10,11). The van der Waals surface area contributed by atoms with Crippen LogP contribution in [0.5, 0.6) is 0 Å². The molecular weight excluding hydrogens is 142 g/mol. The smallest absolute Gasteiger partial charge is 0.337 e. The molecule has 0 unspecified atom stereocenters. The fourth-order valence-corrected chi connectivity index (χ4v) is 1.06. The Kier molecular flexibility index (Phi) is 2.31. The Labute approximate surface area is 65.1 Å². The van der Waals surface area contributed by atoms with Gasteiger partial charge in [-0.1, -0.05) is 13.3 Å². The highest BCUT2D eigenvalue weighted by atomic mass is 16.4. The monoisotopic (exact) mass is 153 g/mol. The summed E-state index contributed by atoms with van der Waals surface area (Å²) in [5.41, 5.74) is 1.21. The van der Waals surface area contributed by atoms with Gasteiger partial charge in [-0.3, -0.25) is 0 Å². The molecule has 11 heavy (non-hydrogen) atoms. The van der Waals surface area contributed by atoms with Crippen molar-refractivity contribution in [1.82, 2.24) is 4.98 Å². The van der Waals surface area contributed by atoms with Gasteiger partial charge in [0.2, 0.25) is 0 Å². The molecule has 0 saturated heterocycles. The van der Waals surface area contributed by atoms with Gasteiger partial charge in [0.1, 0.15) is 0 Å². The topological polar surface area (TPSA) is 53.1 Å². The van der Waals surface area contributed by atoms with Crippen molar-refractivity contribution in [3.05, 3.63) is 23.5 Å². The SMILES string of the molecule is CCCc1[nH]ccc1C(=O)O. The first-order valence-corrected chi connectivity index (χ1v) is 3.65. The van der Waals surface area contributed by atoms with Crippen LogP contribution < -0.4 is 0 Å². The molecule has 0 amide bonds. The molecule has 3 heteroatoms. The van der Waals surface area contributed by atoms with Crippen LogP contribution >= 0.6 is 0 Å². The number of rotatable bonds is 3. The number of carboxylic acids is 1. The second-order valence-corrected chi connectivity index (χ2v) is 2.43. The lowest BCUT2D eigenvalue weighted by atomic mass is 10.2. The molecule has 0 aromatic carbocycles. The lowest BCUT2D eigenvalue weighted by Crippen LogP contribution is -1.99. The number of nitrogens with one attached hydrogen (secondary N) is 1. The highest BCUT2D eigenvalue weighted by molar-refractivity contribution is 5.88. The molecule has 1 aromatic rings. The molecule has 0 atom stereocenters. The minimum absolute atomic E-state index is 0.395. The Hall–Kier alpha value is -1.25. The van der Waals surface area contributed by atoms with Crippen LogP contribution in [0.1, 0.15) is 29.4 Å². The predicted octanol–water partition coefficient (Wildman–Crippen LogP) is 1.67. The largest absolute Gasteiger partial charge is 0.478 e. The van der Waals surface area contributed by atoms with Gasteiger partial charge in [-0.15, -0.1) is 0 Å². The molecule has 0 radical (unpaired) electrons. The molecule has 0 aliphatic carbocycles. The van der Waals surface area contributed by atoms with Crippen molar-refractivity contribution in [1.29, 1.82) is 0 Å². The first-order valence-electron chi connectivity index (χ1n) is 3.65. The van der Waals surface area contributed by atoms with E-state index in [2.05, 4.69) is 4.98 Å². The van der Waals surface area contributed by atoms with E-state index in [0.717, 1.165) is 18.5 Å². The van der Waals surface area contributed by atoms with Gasteiger partial charge in [0, 0.05) is 11.9 Å². The lowest BCUT2D eigenvalue weighted by Gasteiger charge is -1.95. The molecule has 1 rings (SSSR count). The van der Waals surface area contributed by atoms with E-state index in [9.17, 15) is 4.79 Å². The number of aromatic nitrogens is 1. The van der Waals surface area contributed by atoms with Gasteiger partial charge in [-0.2, -0.15) is 0 Å². The first-order chi connectivity index (χ1) is 5.25. The van der Waals surface area contributed by atoms with E-state index in [1.165, 1.54) is 0 Å². The second kappa shape index (κ2) is 3.23. The number of aromatic amines is 1. The highest BCUT2D eigenvalue weighted by Crippen LogP contribution is 2.08. The van der Waals surface area contributed by atoms with Gasteiger partial charge in [0.25, 0.3) is 0 Å². The van der Waals surface area contributed by atoms with Crippen molar-refractivity contribution in [2.24, 2.45) is 0 Å².